The third-order valence-corrected chi connectivity index (χ3v) is 6.04. The van der Waals surface area contributed by atoms with Gasteiger partial charge in [0.15, 0.2) is 31.3 Å². The van der Waals surface area contributed by atoms with E-state index in [4.69, 9.17) is 5.73 Å². The summed E-state index contributed by atoms with van der Waals surface area (Å²) in [4.78, 5) is 11.5. The normalized spacial score (nSPS) is 12.2. The zero-order valence-corrected chi connectivity index (χ0v) is 21.3. The van der Waals surface area contributed by atoms with Gasteiger partial charge in [-0.2, -0.15) is 0 Å². The molecule has 2 atom stereocenters. The number of carbonyl (C=O) groups excluding carboxylic acids is 1. The first-order valence-corrected chi connectivity index (χ1v) is 11.4. The quantitative estimate of drug-likeness (QED) is 0.344. The number of pyridine rings is 2. The van der Waals surface area contributed by atoms with Crippen LogP contribution in [0.2, 0.25) is 0 Å². The van der Waals surface area contributed by atoms with Crippen molar-refractivity contribution >= 4 is 5.91 Å². The van der Waals surface area contributed by atoms with Crippen LogP contribution in [0.4, 0.5) is 0 Å². The highest BCUT2D eigenvalue weighted by atomic mass is 35.5. The topological polar surface area (TPSA) is 50.9 Å². The molecular weight excluding hydrogens is 453 g/mol. The van der Waals surface area contributed by atoms with Crippen LogP contribution in [0.15, 0.2) is 73.3 Å². The Labute approximate surface area is 210 Å². The lowest BCUT2D eigenvalue weighted by molar-refractivity contribution is -0.696. The Morgan fingerprint density at radius 1 is 0.848 bits per heavy atom. The summed E-state index contributed by atoms with van der Waals surface area (Å²) in [6, 6.07) is 17.4. The van der Waals surface area contributed by atoms with Gasteiger partial charge in [0.1, 0.15) is 6.54 Å². The molecular formula is C27H35Cl2N3O. The maximum Gasteiger partial charge on any atom is 0.220 e. The van der Waals surface area contributed by atoms with Gasteiger partial charge in [-0.05, 0) is 35.4 Å². The molecule has 3 rings (SSSR count). The maximum atomic E-state index is 11.5. The van der Waals surface area contributed by atoms with Gasteiger partial charge in [-0.3, -0.25) is 4.79 Å². The number of carbonyl (C=O) groups is 1. The second-order valence-electron chi connectivity index (χ2n) is 8.47. The van der Waals surface area contributed by atoms with Crippen molar-refractivity contribution in [2.24, 2.45) is 11.7 Å². The van der Waals surface area contributed by atoms with E-state index < -0.39 is 0 Å². The first-order valence-electron chi connectivity index (χ1n) is 11.4. The second kappa shape index (κ2) is 14.0. The second-order valence-corrected chi connectivity index (χ2v) is 8.47. The lowest BCUT2D eigenvalue weighted by Crippen LogP contribution is -3.00. The number of aryl methyl sites for hydroxylation is 1. The average molecular weight is 489 g/mol. The SMILES string of the molecule is CCC[n+]1ccc(-c2cc[n+](Cc3ccc(C(C)CC(CC)C(N)=O)cc3)cc2)cc1.[Cl-].[Cl-]. The fourth-order valence-corrected chi connectivity index (χ4v) is 4.02. The molecule has 0 saturated carbocycles. The molecule has 0 aliphatic rings. The number of halogens is 2. The molecule has 0 saturated heterocycles. The summed E-state index contributed by atoms with van der Waals surface area (Å²) in [5.41, 5.74) is 10.5. The van der Waals surface area contributed by atoms with Crippen molar-refractivity contribution in [1.82, 2.24) is 0 Å². The molecule has 2 heterocycles. The van der Waals surface area contributed by atoms with E-state index in [9.17, 15) is 4.79 Å². The molecule has 2 aromatic heterocycles. The van der Waals surface area contributed by atoms with E-state index in [0.717, 1.165) is 32.4 Å². The molecule has 0 aliphatic carbocycles. The van der Waals surface area contributed by atoms with E-state index in [1.54, 1.807) is 0 Å². The van der Waals surface area contributed by atoms with Crippen molar-refractivity contribution in [3.8, 4) is 11.1 Å². The standard InChI is InChI=1S/C27H34N3O.2ClH/c1-4-14-29-15-10-25(11-16-29)26-12-17-30(18-13-26)20-22-6-8-24(9-7-22)21(3)19-23(5-2)27(28)31;;/h6-13,15-18,21,23H,4-5,14,19-20H2,1-3H3,(H-,28,31);2*1H/q+1;;/p-1. The summed E-state index contributed by atoms with van der Waals surface area (Å²) in [6.45, 7) is 8.27. The molecule has 0 spiro atoms. The summed E-state index contributed by atoms with van der Waals surface area (Å²) >= 11 is 0. The summed E-state index contributed by atoms with van der Waals surface area (Å²) in [7, 11) is 0. The van der Waals surface area contributed by atoms with Gasteiger partial charge in [0.2, 0.25) is 5.91 Å². The summed E-state index contributed by atoms with van der Waals surface area (Å²) < 4.78 is 4.41. The molecule has 0 radical (unpaired) electrons. The summed E-state index contributed by atoms with van der Waals surface area (Å²) in [6.07, 6.45) is 11.3. The third-order valence-electron chi connectivity index (χ3n) is 6.04. The number of hydrogen-bond acceptors (Lipinski definition) is 1. The highest BCUT2D eigenvalue weighted by Gasteiger charge is 2.18. The van der Waals surface area contributed by atoms with Crippen LogP contribution in [0.3, 0.4) is 0 Å². The van der Waals surface area contributed by atoms with Gasteiger partial charge in [-0.15, -0.1) is 0 Å². The van der Waals surface area contributed by atoms with Crippen LogP contribution in [-0.4, -0.2) is 5.91 Å². The number of primary amides is 1. The van der Waals surface area contributed by atoms with Crippen molar-refractivity contribution in [3.63, 3.8) is 0 Å². The lowest BCUT2D eigenvalue weighted by atomic mass is 9.88. The molecule has 1 amide bonds. The smallest absolute Gasteiger partial charge is 0.220 e. The van der Waals surface area contributed by atoms with E-state index >= 15 is 0 Å². The lowest BCUT2D eigenvalue weighted by Gasteiger charge is -2.17. The largest absolute Gasteiger partial charge is 1.00 e. The molecule has 4 nitrogen and oxygen atoms in total. The van der Waals surface area contributed by atoms with Crippen molar-refractivity contribution < 1.29 is 38.7 Å². The van der Waals surface area contributed by atoms with E-state index in [-0.39, 0.29) is 36.6 Å². The molecule has 2 unspecified atom stereocenters. The molecule has 6 heteroatoms. The zero-order valence-electron chi connectivity index (χ0n) is 19.8. The third kappa shape index (κ3) is 8.13. The number of rotatable bonds is 10. The maximum absolute atomic E-state index is 11.5. The Morgan fingerprint density at radius 2 is 1.36 bits per heavy atom. The minimum absolute atomic E-state index is 0. The Hall–Kier alpha value is -2.43. The van der Waals surface area contributed by atoms with Crippen molar-refractivity contribution in [1.29, 1.82) is 0 Å². The Kier molecular flexibility index (Phi) is 12.1. The number of amides is 1. The first-order chi connectivity index (χ1) is 15.0. The summed E-state index contributed by atoms with van der Waals surface area (Å²) in [5, 5.41) is 0. The molecule has 178 valence electrons. The monoisotopic (exact) mass is 487 g/mol. The summed E-state index contributed by atoms with van der Waals surface area (Å²) in [5.74, 6) is 0.0759. The van der Waals surface area contributed by atoms with Gasteiger partial charge < -0.3 is 30.5 Å². The zero-order chi connectivity index (χ0) is 22.2. The van der Waals surface area contributed by atoms with Crippen LogP contribution >= 0.6 is 0 Å². The molecule has 0 aliphatic heterocycles. The van der Waals surface area contributed by atoms with Crippen LogP contribution in [0, 0.1) is 5.92 Å². The van der Waals surface area contributed by atoms with Gasteiger partial charge in [-0.25, -0.2) is 9.13 Å². The Morgan fingerprint density at radius 3 is 1.82 bits per heavy atom. The Balaban J connectivity index is 0.00000272. The predicted molar refractivity (Wildman–Crippen MR) is 124 cm³/mol. The van der Waals surface area contributed by atoms with Crippen LogP contribution in [0.25, 0.3) is 11.1 Å². The molecule has 2 N–H and O–H groups in total. The minimum atomic E-state index is -0.193. The Bertz CT molecular complexity index is 974. The highest BCUT2D eigenvalue weighted by Crippen LogP contribution is 2.25. The van der Waals surface area contributed by atoms with Gasteiger partial charge in [0, 0.05) is 42.2 Å². The highest BCUT2D eigenvalue weighted by molar-refractivity contribution is 5.76. The molecule has 0 bridgehead atoms. The molecule has 1 aromatic carbocycles. The fourth-order valence-electron chi connectivity index (χ4n) is 4.02. The van der Waals surface area contributed by atoms with Gasteiger partial charge in [-0.1, -0.05) is 45.0 Å². The van der Waals surface area contributed by atoms with Crippen molar-refractivity contribution in [3.05, 3.63) is 84.4 Å². The minimum Gasteiger partial charge on any atom is -1.00 e. The van der Waals surface area contributed by atoms with Gasteiger partial charge >= 0.3 is 0 Å². The van der Waals surface area contributed by atoms with Crippen molar-refractivity contribution in [2.75, 3.05) is 0 Å². The number of nitrogens with zero attached hydrogens (tertiary/aromatic N) is 2. The number of benzene rings is 1. The molecule has 3 aromatic rings. The molecule has 33 heavy (non-hydrogen) atoms. The van der Waals surface area contributed by atoms with E-state index in [1.165, 1.54) is 22.3 Å². The van der Waals surface area contributed by atoms with E-state index in [0.29, 0.717) is 5.92 Å². The van der Waals surface area contributed by atoms with Crippen LogP contribution in [-0.2, 0) is 17.9 Å². The van der Waals surface area contributed by atoms with Gasteiger partial charge in [0.05, 0.1) is 0 Å². The van der Waals surface area contributed by atoms with Crippen LogP contribution in [0.1, 0.15) is 57.1 Å². The number of nitrogens with two attached hydrogens (primary N) is 1. The first kappa shape index (κ1) is 28.6. The van der Waals surface area contributed by atoms with Crippen LogP contribution < -0.4 is 39.7 Å². The number of aromatic nitrogens is 2. The van der Waals surface area contributed by atoms with Crippen molar-refractivity contribution in [2.45, 2.75) is 59.0 Å². The van der Waals surface area contributed by atoms with E-state index in [1.807, 2.05) is 6.92 Å². The fraction of sp³-hybridized carbons (Fsp3) is 0.370. The predicted octanol–water partition coefficient (Wildman–Crippen LogP) is -1.60. The van der Waals surface area contributed by atoms with Crippen LogP contribution in [0.5, 0.6) is 0 Å². The van der Waals surface area contributed by atoms with Gasteiger partial charge in [0.25, 0.3) is 0 Å². The molecule has 0 fully saturated rings. The number of hydrogen-bond donors (Lipinski definition) is 1. The average Bonchev–Trinajstić information content (AvgIpc) is 2.79. The van der Waals surface area contributed by atoms with E-state index in [2.05, 4.69) is 96.3 Å².